The molecule has 24 heavy (non-hydrogen) atoms. The van der Waals surface area contributed by atoms with Gasteiger partial charge in [0.2, 0.25) is 0 Å². The van der Waals surface area contributed by atoms with Gasteiger partial charge in [0.05, 0.1) is 6.10 Å². The molecule has 0 aliphatic heterocycles. The molecule has 2 heterocycles. The highest BCUT2D eigenvalue weighted by Crippen LogP contribution is 2.20. The van der Waals surface area contributed by atoms with Crippen molar-refractivity contribution in [1.29, 1.82) is 0 Å². The van der Waals surface area contributed by atoms with E-state index in [2.05, 4.69) is 40.2 Å². The van der Waals surface area contributed by atoms with Crippen LogP contribution in [0.4, 0.5) is 0 Å². The number of aliphatic hydroxyl groups excluding tert-OH is 1. The quantitative estimate of drug-likeness (QED) is 0.702. The SMILES string of the molecule is Cc1ncccc1CN(Cc1ccccc1)CC(O)c1ccsc1. The minimum atomic E-state index is -0.475. The molecule has 0 saturated heterocycles. The molecule has 0 bridgehead atoms. The number of pyridine rings is 1. The van der Waals surface area contributed by atoms with Crippen LogP contribution in [0.1, 0.15) is 28.5 Å². The highest BCUT2D eigenvalue weighted by molar-refractivity contribution is 7.07. The van der Waals surface area contributed by atoms with Crippen molar-refractivity contribution in [2.24, 2.45) is 0 Å². The molecule has 1 N–H and O–H groups in total. The first-order valence-corrected chi connectivity index (χ1v) is 9.03. The Bertz CT molecular complexity index is 743. The van der Waals surface area contributed by atoms with Crippen molar-refractivity contribution in [3.8, 4) is 0 Å². The second kappa shape index (κ2) is 8.20. The number of aliphatic hydroxyl groups is 1. The van der Waals surface area contributed by atoms with E-state index in [1.807, 2.05) is 42.1 Å². The summed E-state index contributed by atoms with van der Waals surface area (Å²) in [4.78, 5) is 6.66. The van der Waals surface area contributed by atoms with Crippen LogP contribution in [0.25, 0.3) is 0 Å². The van der Waals surface area contributed by atoms with Crippen molar-refractivity contribution in [2.45, 2.75) is 26.1 Å². The van der Waals surface area contributed by atoms with Crippen LogP contribution in [0.15, 0.2) is 65.5 Å². The van der Waals surface area contributed by atoms with Gasteiger partial charge >= 0.3 is 0 Å². The van der Waals surface area contributed by atoms with Crippen LogP contribution < -0.4 is 0 Å². The Morgan fingerprint density at radius 3 is 2.62 bits per heavy atom. The van der Waals surface area contributed by atoms with E-state index in [1.54, 1.807) is 11.3 Å². The summed E-state index contributed by atoms with van der Waals surface area (Å²) >= 11 is 1.62. The van der Waals surface area contributed by atoms with Gasteiger partial charge in [-0.15, -0.1) is 0 Å². The zero-order chi connectivity index (χ0) is 16.8. The van der Waals surface area contributed by atoms with Crippen molar-refractivity contribution in [1.82, 2.24) is 9.88 Å². The van der Waals surface area contributed by atoms with E-state index in [1.165, 1.54) is 11.1 Å². The van der Waals surface area contributed by atoms with Crippen molar-refractivity contribution in [3.05, 3.63) is 87.9 Å². The van der Waals surface area contributed by atoms with Crippen molar-refractivity contribution in [2.75, 3.05) is 6.54 Å². The molecule has 1 unspecified atom stereocenters. The fourth-order valence-corrected chi connectivity index (χ4v) is 3.47. The first-order chi connectivity index (χ1) is 11.7. The van der Waals surface area contributed by atoms with E-state index < -0.39 is 6.10 Å². The topological polar surface area (TPSA) is 36.4 Å². The lowest BCUT2D eigenvalue weighted by molar-refractivity contribution is 0.105. The van der Waals surface area contributed by atoms with Crippen LogP contribution in [0, 0.1) is 6.92 Å². The molecule has 4 heteroatoms. The lowest BCUT2D eigenvalue weighted by atomic mass is 10.1. The van der Waals surface area contributed by atoms with Gasteiger partial charge in [0.15, 0.2) is 0 Å². The highest BCUT2D eigenvalue weighted by atomic mass is 32.1. The molecular weight excluding hydrogens is 316 g/mol. The number of hydrogen-bond acceptors (Lipinski definition) is 4. The first kappa shape index (κ1) is 16.8. The number of hydrogen-bond donors (Lipinski definition) is 1. The number of aromatic nitrogens is 1. The molecule has 124 valence electrons. The van der Waals surface area contributed by atoms with Crippen LogP contribution in [0.2, 0.25) is 0 Å². The summed E-state index contributed by atoms with van der Waals surface area (Å²) in [7, 11) is 0. The van der Waals surface area contributed by atoms with E-state index in [-0.39, 0.29) is 0 Å². The zero-order valence-electron chi connectivity index (χ0n) is 13.8. The molecule has 3 rings (SSSR count). The van der Waals surface area contributed by atoms with Gasteiger partial charge in [-0.05, 0) is 46.5 Å². The van der Waals surface area contributed by atoms with E-state index in [0.29, 0.717) is 6.54 Å². The molecule has 0 saturated carbocycles. The first-order valence-electron chi connectivity index (χ1n) is 8.09. The van der Waals surface area contributed by atoms with Crippen LogP contribution in [0.3, 0.4) is 0 Å². The Hall–Kier alpha value is -2.01. The molecule has 2 aromatic heterocycles. The van der Waals surface area contributed by atoms with Gasteiger partial charge in [-0.25, -0.2) is 0 Å². The average Bonchev–Trinajstić information content (AvgIpc) is 3.12. The third-order valence-corrected chi connectivity index (χ3v) is 4.82. The second-order valence-corrected chi connectivity index (χ2v) is 6.76. The van der Waals surface area contributed by atoms with Crippen LogP contribution in [-0.4, -0.2) is 21.5 Å². The van der Waals surface area contributed by atoms with E-state index in [0.717, 1.165) is 24.3 Å². The molecule has 0 amide bonds. The van der Waals surface area contributed by atoms with Gasteiger partial charge in [-0.3, -0.25) is 9.88 Å². The molecule has 3 nitrogen and oxygen atoms in total. The van der Waals surface area contributed by atoms with E-state index in [9.17, 15) is 5.11 Å². The molecule has 0 aliphatic carbocycles. The molecule has 0 spiro atoms. The normalized spacial score (nSPS) is 12.5. The monoisotopic (exact) mass is 338 g/mol. The fourth-order valence-electron chi connectivity index (χ4n) is 2.77. The molecule has 1 aromatic carbocycles. The summed E-state index contributed by atoms with van der Waals surface area (Å²) in [6.07, 6.45) is 1.34. The van der Waals surface area contributed by atoms with Gasteiger partial charge in [-0.2, -0.15) is 11.3 Å². The smallest absolute Gasteiger partial charge is 0.0925 e. The van der Waals surface area contributed by atoms with E-state index in [4.69, 9.17) is 0 Å². The Morgan fingerprint density at radius 2 is 1.92 bits per heavy atom. The van der Waals surface area contributed by atoms with Crippen LogP contribution in [0.5, 0.6) is 0 Å². The van der Waals surface area contributed by atoms with Gasteiger partial charge in [0, 0.05) is 31.5 Å². The summed E-state index contributed by atoms with van der Waals surface area (Å²) in [6.45, 7) is 4.21. The molecule has 0 radical (unpaired) electrons. The minimum absolute atomic E-state index is 0.475. The van der Waals surface area contributed by atoms with Crippen LogP contribution in [-0.2, 0) is 13.1 Å². The van der Waals surface area contributed by atoms with Gasteiger partial charge in [0.1, 0.15) is 0 Å². The Kier molecular flexibility index (Phi) is 5.75. The maximum Gasteiger partial charge on any atom is 0.0925 e. The molecular formula is C20H22N2OS. The minimum Gasteiger partial charge on any atom is -0.387 e. The molecule has 1 atom stereocenters. The van der Waals surface area contributed by atoms with Crippen LogP contribution >= 0.6 is 11.3 Å². The fraction of sp³-hybridized carbons (Fsp3) is 0.250. The third-order valence-electron chi connectivity index (χ3n) is 4.12. The highest BCUT2D eigenvalue weighted by Gasteiger charge is 2.16. The zero-order valence-corrected chi connectivity index (χ0v) is 14.6. The number of nitrogens with zero attached hydrogens (tertiary/aromatic N) is 2. The summed E-state index contributed by atoms with van der Waals surface area (Å²) in [5.41, 5.74) is 4.48. The third kappa shape index (κ3) is 4.51. The number of benzene rings is 1. The predicted molar refractivity (Wildman–Crippen MR) is 98.8 cm³/mol. The number of aryl methyl sites for hydroxylation is 1. The average molecular weight is 338 g/mol. The predicted octanol–water partition coefficient (Wildman–Crippen LogP) is 4.19. The lowest BCUT2D eigenvalue weighted by Crippen LogP contribution is -2.28. The van der Waals surface area contributed by atoms with Gasteiger partial charge < -0.3 is 5.11 Å². The largest absolute Gasteiger partial charge is 0.387 e. The summed E-state index contributed by atoms with van der Waals surface area (Å²) in [5, 5.41) is 14.6. The van der Waals surface area contributed by atoms with Crippen molar-refractivity contribution >= 4 is 11.3 Å². The maximum atomic E-state index is 10.6. The summed E-state index contributed by atoms with van der Waals surface area (Å²) in [5.74, 6) is 0. The molecule has 0 aliphatic rings. The van der Waals surface area contributed by atoms with E-state index >= 15 is 0 Å². The Balaban J connectivity index is 1.76. The number of thiophene rings is 1. The summed E-state index contributed by atoms with van der Waals surface area (Å²) < 4.78 is 0. The van der Waals surface area contributed by atoms with Gasteiger partial charge in [-0.1, -0.05) is 36.4 Å². The Labute approximate surface area is 147 Å². The molecule has 3 aromatic rings. The second-order valence-electron chi connectivity index (χ2n) is 5.98. The standard InChI is InChI=1S/C20H22N2OS/c1-16-18(8-5-10-21-16)13-22(12-17-6-3-2-4-7-17)14-20(23)19-9-11-24-15-19/h2-11,15,20,23H,12-14H2,1H3. The Morgan fingerprint density at radius 1 is 1.08 bits per heavy atom. The lowest BCUT2D eigenvalue weighted by Gasteiger charge is -2.25. The van der Waals surface area contributed by atoms with Crippen molar-refractivity contribution < 1.29 is 5.11 Å². The van der Waals surface area contributed by atoms with Gasteiger partial charge in [0.25, 0.3) is 0 Å². The number of rotatable bonds is 7. The summed E-state index contributed by atoms with van der Waals surface area (Å²) in [6, 6.07) is 16.5. The van der Waals surface area contributed by atoms with Crippen molar-refractivity contribution in [3.63, 3.8) is 0 Å². The molecule has 0 fully saturated rings. The maximum absolute atomic E-state index is 10.6.